The summed E-state index contributed by atoms with van der Waals surface area (Å²) in [4.78, 5) is 11.6. The standard InChI is InChI=1S/C17H18N2O3/c1-12-7-13(2)9-15(8-12)22-11-17(21)19-18-10-14-5-3-4-6-16(14)20/h3-10,20H,11H2,1-2H3,(H,19,21). The lowest BCUT2D eigenvalue weighted by molar-refractivity contribution is -0.123. The Bertz CT molecular complexity index is 676. The minimum Gasteiger partial charge on any atom is -0.507 e. The van der Waals surface area contributed by atoms with Gasteiger partial charge in [-0.25, -0.2) is 5.43 Å². The minimum absolute atomic E-state index is 0.104. The second-order valence-corrected chi connectivity index (χ2v) is 4.96. The van der Waals surface area contributed by atoms with Crippen molar-refractivity contribution >= 4 is 12.1 Å². The number of ether oxygens (including phenoxy) is 1. The number of carbonyl (C=O) groups is 1. The van der Waals surface area contributed by atoms with Crippen molar-refractivity contribution in [2.75, 3.05) is 6.61 Å². The van der Waals surface area contributed by atoms with E-state index >= 15 is 0 Å². The van der Waals surface area contributed by atoms with Crippen molar-refractivity contribution in [1.29, 1.82) is 0 Å². The van der Waals surface area contributed by atoms with Gasteiger partial charge in [0.2, 0.25) is 0 Å². The molecule has 1 amide bonds. The summed E-state index contributed by atoms with van der Waals surface area (Å²) in [5.41, 5.74) is 5.03. The second kappa shape index (κ2) is 7.26. The van der Waals surface area contributed by atoms with E-state index in [0.717, 1.165) is 11.1 Å². The Balaban J connectivity index is 1.84. The van der Waals surface area contributed by atoms with Gasteiger partial charge in [-0.1, -0.05) is 18.2 Å². The molecular weight excluding hydrogens is 280 g/mol. The number of nitrogens with zero attached hydrogens (tertiary/aromatic N) is 1. The van der Waals surface area contributed by atoms with E-state index in [1.54, 1.807) is 24.3 Å². The topological polar surface area (TPSA) is 70.9 Å². The van der Waals surface area contributed by atoms with E-state index in [1.807, 2.05) is 32.0 Å². The lowest BCUT2D eigenvalue weighted by Gasteiger charge is -2.07. The van der Waals surface area contributed by atoms with E-state index in [-0.39, 0.29) is 18.3 Å². The molecule has 0 aromatic heterocycles. The molecule has 5 heteroatoms. The van der Waals surface area contributed by atoms with Gasteiger partial charge in [0.25, 0.3) is 5.91 Å². The summed E-state index contributed by atoms with van der Waals surface area (Å²) in [6, 6.07) is 12.5. The fraction of sp³-hybridized carbons (Fsp3) is 0.176. The zero-order valence-corrected chi connectivity index (χ0v) is 12.5. The molecule has 2 rings (SSSR count). The molecule has 0 saturated carbocycles. The highest BCUT2D eigenvalue weighted by Crippen LogP contribution is 2.16. The summed E-state index contributed by atoms with van der Waals surface area (Å²) < 4.78 is 5.42. The van der Waals surface area contributed by atoms with Gasteiger partial charge < -0.3 is 9.84 Å². The van der Waals surface area contributed by atoms with Gasteiger partial charge in [-0.2, -0.15) is 5.10 Å². The third-order valence-corrected chi connectivity index (χ3v) is 2.89. The summed E-state index contributed by atoms with van der Waals surface area (Å²) in [7, 11) is 0. The Labute approximate surface area is 129 Å². The average Bonchev–Trinajstić information content (AvgIpc) is 2.46. The third kappa shape index (κ3) is 4.63. The van der Waals surface area contributed by atoms with E-state index in [4.69, 9.17) is 4.74 Å². The molecule has 0 aliphatic carbocycles. The number of hydrazone groups is 1. The number of benzene rings is 2. The van der Waals surface area contributed by atoms with Crippen LogP contribution in [0.4, 0.5) is 0 Å². The second-order valence-electron chi connectivity index (χ2n) is 4.96. The summed E-state index contributed by atoms with van der Waals surface area (Å²) in [5.74, 6) is 0.384. The van der Waals surface area contributed by atoms with Crippen LogP contribution >= 0.6 is 0 Å². The first-order chi connectivity index (χ1) is 10.5. The molecule has 5 nitrogen and oxygen atoms in total. The molecule has 2 N–H and O–H groups in total. The van der Waals surface area contributed by atoms with Crippen LogP contribution in [0.3, 0.4) is 0 Å². The number of rotatable bonds is 5. The maximum atomic E-state index is 11.6. The number of phenols is 1. The highest BCUT2D eigenvalue weighted by atomic mass is 16.5. The zero-order chi connectivity index (χ0) is 15.9. The molecule has 2 aromatic rings. The number of nitrogens with one attached hydrogen (secondary N) is 1. The fourth-order valence-corrected chi connectivity index (χ4v) is 1.97. The van der Waals surface area contributed by atoms with Crippen LogP contribution in [0.25, 0.3) is 0 Å². The van der Waals surface area contributed by atoms with Crippen LogP contribution < -0.4 is 10.2 Å². The van der Waals surface area contributed by atoms with Crippen molar-refractivity contribution in [2.45, 2.75) is 13.8 Å². The molecule has 0 atom stereocenters. The first-order valence-electron chi connectivity index (χ1n) is 6.85. The SMILES string of the molecule is Cc1cc(C)cc(OCC(=O)NN=Cc2ccccc2O)c1. The normalized spacial score (nSPS) is 10.6. The van der Waals surface area contributed by atoms with Crippen LogP contribution in [0.5, 0.6) is 11.5 Å². The number of hydrogen-bond donors (Lipinski definition) is 2. The molecule has 0 aliphatic rings. The molecule has 0 heterocycles. The summed E-state index contributed by atoms with van der Waals surface area (Å²) >= 11 is 0. The van der Waals surface area contributed by atoms with Crippen LogP contribution in [0, 0.1) is 13.8 Å². The van der Waals surface area contributed by atoms with Gasteiger partial charge in [0.1, 0.15) is 11.5 Å². The Hall–Kier alpha value is -2.82. The predicted molar refractivity (Wildman–Crippen MR) is 85.3 cm³/mol. The molecule has 22 heavy (non-hydrogen) atoms. The van der Waals surface area contributed by atoms with Gasteiger partial charge in [-0.3, -0.25) is 4.79 Å². The third-order valence-electron chi connectivity index (χ3n) is 2.89. The van der Waals surface area contributed by atoms with Crippen molar-refractivity contribution in [1.82, 2.24) is 5.43 Å². The van der Waals surface area contributed by atoms with Gasteiger partial charge in [0.15, 0.2) is 6.61 Å². The highest BCUT2D eigenvalue weighted by Gasteiger charge is 2.03. The Kier molecular flexibility index (Phi) is 5.14. The molecule has 0 saturated heterocycles. The Morgan fingerprint density at radius 3 is 2.59 bits per heavy atom. The van der Waals surface area contributed by atoms with Crippen molar-refractivity contribution in [3.05, 3.63) is 59.2 Å². The molecule has 0 aliphatic heterocycles. The maximum absolute atomic E-state index is 11.6. The first-order valence-corrected chi connectivity index (χ1v) is 6.85. The van der Waals surface area contributed by atoms with Crippen molar-refractivity contribution < 1.29 is 14.6 Å². The van der Waals surface area contributed by atoms with Crippen LogP contribution in [0.15, 0.2) is 47.6 Å². The molecule has 114 valence electrons. The molecule has 0 radical (unpaired) electrons. The number of aryl methyl sites for hydroxylation is 2. The molecular formula is C17H18N2O3. The molecule has 0 fully saturated rings. The lowest BCUT2D eigenvalue weighted by Crippen LogP contribution is -2.24. The molecule has 0 unspecified atom stereocenters. The van der Waals surface area contributed by atoms with Gasteiger partial charge >= 0.3 is 0 Å². The van der Waals surface area contributed by atoms with E-state index in [1.165, 1.54) is 6.21 Å². The van der Waals surface area contributed by atoms with E-state index in [0.29, 0.717) is 11.3 Å². The molecule has 0 spiro atoms. The van der Waals surface area contributed by atoms with Crippen LogP contribution in [-0.2, 0) is 4.79 Å². The minimum atomic E-state index is -0.370. The monoisotopic (exact) mass is 298 g/mol. The van der Waals surface area contributed by atoms with Gasteiger partial charge in [-0.05, 0) is 49.2 Å². The summed E-state index contributed by atoms with van der Waals surface area (Å²) in [5, 5.41) is 13.3. The maximum Gasteiger partial charge on any atom is 0.277 e. The quantitative estimate of drug-likeness (QED) is 0.658. The number of hydrogen-bond acceptors (Lipinski definition) is 4. The van der Waals surface area contributed by atoms with Crippen LogP contribution in [-0.4, -0.2) is 23.8 Å². The number of phenolic OH excluding ortho intramolecular Hbond substituents is 1. The van der Waals surface area contributed by atoms with Crippen LogP contribution in [0.2, 0.25) is 0 Å². The Morgan fingerprint density at radius 2 is 1.91 bits per heavy atom. The van der Waals surface area contributed by atoms with Gasteiger partial charge in [-0.15, -0.1) is 0 Å². The number of carbonyl (C=O) groups excluding carboxylic acids is 1. The van der Waals surface area contributed by atoms with E-state index in [2.05, 4.69) is 10.5 Å². The van der Waals surface area contributed by atoms with E-state index < -0.39 is 0 Å². The smallest absolute Gasteiger partial charge is 0.277 e. The van der Waals surface area contributed by atoms with E-state index in [9.17, 15) is 9.90 Å². The largest absolute Gasteiger partial charge is 0.507 e. The molecule has 0 bridgehead atoms. The summed E-state index contributed by atoms with van der Waals surface area (Å²) in [6.45, 7) is 3.81. The van der Waals surface area contributed by atoms with Crippen LogP contribution in [0.1, 0.15) is 16.7 Å². The summed E-state index contributed by atoms with van der Waals surface area (Å²) in [6.07, 6.45) is 1.38. The van der Waals surface area contributed by atoms with Gasteiger partial charge in [0.05, 0.1) is 6.21 Å². The zero-order valence-electron chi connectivity index (χ0n) is 12.5. The lowest BCUT2D eigenvalue weighted by atomic mass is 10.1. The van der Waals surface area contributed by atoms with Crippen molar-refractivity contribution in [2.24, 2.45) is 5.10 Å². The predicted octanol–water partition coefficient (Wildman–Crippen LogP) is 2.54. The first kappa shape index (κ1) is 15.6. The highest BCUT2D eigenvalue weighted by molar-refractivity contribution is 5.85. The van der Waals surface area contributed by atoms with Crippen molar-refractivity contribution in [3.63, 3.8) is 0 Å². The Morgan fingerprint density at radius 1 is 1.23 bits per heavy atom. The average molecular weight is 298 g/mol. The van der Waals surface area contributed by atoms with Crippen molar-refractivity contribution in [3.8, 4) is 11.5 Å². The number of para-hydroxylation sites is 1. The molecule has 2 aromatic carbocycles. The fourth-order valence-electron chi connectivity index (χ4n) is 1.97. The number of amides is 1. The van der Waals surface area contributed by atoms with Gasteiger partial charge in [0, 0.05) is 5.56 Å². The number of aromatic hydroxyl groups is 1.